The molecule has 0 saturated carbocycles. The van der Waals surface area contributed by atoms with Gasteiger partial charge in [-0.2, -0.15) is 0 Å². The number of fused-ring (bicyclic) bond motifs is 1. The summed E-state index contributed by atoms with van der Waals surface area (Å²) in [4.78, 5) is 16.8. The van der Waals surface area contributed by atoms with Crippen LogP contribution in [-0.2, 0) is 0 Å². The second kappa shape index (κ2) is 6.52. The van der Waals surface area contributed by atoms with Gasteiger partial charge in [0.1, 0.15) is 11.6 Å². The lowest BCUT2D eigenvalue weighted by Crippen LogP contribution is -2.50. The fourth-order valence-electron chi connectivity index (χ4n) is 4.07. The van der Waals surface area contributed by atoms with Gasteiger partial charge in [0.05, 0.1) is 12.0 Å². The molecular weight excluding hydrogens is 321 g/mol. The normalized spacial score (nSPS) is 23.5. The summed E-state index contributed by atoms with van der Waals surface area (Å²) in [5.74, 6) is 0.142. The molecule has 6 heteroatoms. The predicted molar refractivity (Wildman–Crippen MR) is 93.9 cm³/mol. The number of benzene rings is 1. The lowest BCUT2D eigenvalue weighted by atomic mass is 9.98. The van der Waals surface area contributed by atoms with Crippen LogP contribution in [0.4, 0.5) is 14.9 Å². The monoisotopic (exact) mass is 343 g/mol. The third kappa shape index (κ3) is 3.02. The minimum atomic E-state index is -0.459. The summed E-state index contributed by atoms with van der Waals surface area (Å²) in [6.45, 7) is 1.80. The Hall–Kier alpha value is -2.34. The molecule has 2 unspecified atom stereocenters. The highest BCUT2D eigenvalue weighted by Gasteiger charge is 2.40. The van der Waals surface area contributed by atoms with Crippen molar-refractivity contribution in [2.24, 2.45) is 0 Å². The van der Waals surface area contributed by atoms with Gasteiger partial charge in [-0.05, 0) is 63.2 Å². The van der Waals surface area contributed by atoms with Crippen LogP contribution >= 0.6 is 0 Å². The summed E-state index contributed by atoms with van der Waals surface area (Å²) < 4.78 is 19.7. The Morgan fingerprint density at radius 1 is 1.24 bits per heavy atom. The molecule has 5 nitrogen and oxygen atoms in total. The Kier molecular flexibility index (Phi) is 4.21. The van der Waals surface area contributed by atoms with Crippen LogP contribution in [0.1, 0.15) is 19.3 Å². The van der Waals surface area contributed by atoms with Gasteiger partial charge in [-0.25, -0.2) is 9.18 Å². The molecule has 2 aliphatic heterocycles. The standard InChI is InChI=1S/C19H22FN3O2/c1-22-9-2-4-17-16(22)8-10-23(17)19(24)21-15-7-6-13(12-14(15)20)18-5-3-11-25-18/h3,5-7,11-12,16-17H,2,4,8-10H2,1H3,(H,21,24). The molecular formula is C19H22FN3O2. The lowest BCUT2D eigenvalue weighted by Gasteiger charge is -2.37. The number of nitrogens with one attached hydrogen (secondary N) is 1. The lowest BCUT2D eigenvalue weighted by molar-refractivity contribution is 0.129. The van der Waals surface area contributed by atoms with E-state index >= 15 is 0 Å². The van der Waals surface area contributed by atoms with Crippen LogP contribution in [0.3, 0.4) is 0 Å². The Bertz CT molecular complexity index is 762. The molecule has 2 saturated heterocycles. The Morgan fingerprint density at radius 2 is 2.12 bits per heavy atom. The number of halogens is 1. The zero-order valence-electron chi connectivity index (χ0n) is 14.2. The largest absolute Gasteiger partial charge is 0.464 e. The SMILES string of the molecule is CN1CCCC2C1CCN2C(=O)Nc1ccc(-c2ccco2)cc1F. The van der Waals surface area contributed by atoms with Crippen molar-refractivity contribution in [2.45, 2.75) is 31.3 Å². The summed E-state index contributed by atoms with van der Waals surface area (Å²) in [5.41, 5.74) is 0.851. The quantitative estimate of drug-likeness (QED) is 0.903. The van der Waals surface area contributed by atoms with Crippen LogP contribution < -0.4 is 5.32 Å². The summed E-state index contributed by atoms with van der Waals surface area (Å²) in [7, 11) is 2.12. The minimum absolute atomic E-state index is 0.202. The van der Waals surface area contributed by atoms with Crippen molar-refractivity contribution in [2.75, 3.05) is 25.5 Å². The maximum atomic E-state index is 14.4. The Labute approximate surface area is 146 Å². The van der Waals surface area contributed by atoms with Gasteiger partial charge in [0, 0.05) is 24.2 Å². The van der Waals surface area contributed by atoms with Crippen LogP contribution in [0.15, 0.2) is 41.0 Å². The molecule has 3 heterocycles. The van der Waals surface area contributed by atoms with E-state index in [1.807, 2.05) is 4.90 Å². The van der Waals surface area contributed by atoms with Crippen molar-refractivity contribution >= 4 is 11.7 Å². The van der Waals surface area contributed by atoms with Crippen LogP contribution in [0.5, 0.6) is 0 Å². The molecule has 2 aliphatic rings. The molecule has 1 aromatic carbocycles. The Balaban J connectivity index is 1.48. The number of hydrogen-bond donors (Lipinski definition) is 1. The first-order chi connectivity index (χ1) is 12.1. The summed E-state index contributed by atoms with van der Waals surface area (Å²) in [6, 6.07) is 8.69. The molecule has 25 heavy (non-hydrogen) atoms. The number of piperidine rings is 1. The average molecular weight is 343 g/mol. The average Bonchev–Trinajstić information content (AvgIpc) is 3.26. The second-order valence-electron chi connectivity index (χ2n) is 6.84. The van der Waals surface area contributed by atoms with E-state index in [-0.39, 0.29) is 17.8 Å². The molecule has 1 N–H and O–H groups in total. The van der Waals surface area contributed by atoms with Crippen molar-refractivity contribution in [1.82, 2.24) is 9.80 Å². The van der Waals surface area contributed by atoms with E-state index in [1.54, 1.807) is 30.5 Å². The van der Waals surface area contributed by atoms with E-state index in [4.69, 9.17) is 4.42 Å². The molecule has 2 atom stereocenters. The molecule has 0 aliphatic carbocycles. The summed E-state index contributed by atoms with van der Waals surface area (Å²) in [5, 5.41) is 2.74. The number of hydrogen-bond acceptors (Lipinski definition) is 3. The smallest absolute Gasteiger partial charge is 0.322 e. The predicted octanol–water partition coefficient (Wildman–Crippen LogP) is 3.79. The first-order valence-electron chi connectivity index (χ1n) is 8.75. The highest BCUT2D eigenvalue weighted by atomic mass is 19.1. The molecule has 2 amide bonds. The van der Waals surface area contributed by atoms with Gasteiger partial charge in [-0.15, -0.1) is 0 Å². The Morgan fingerprint density at radius 3 is 2.88 bits per heavy atom. The number of carbonyl (C=O) groups excluding carboxylic acids is 1. The van der Waals surface area contributed by atoms with E-state index in [1.165, 1.54) is 6.07 Å². The van der Waals surface area contributed by atoms with Gasteiger partial charge in [-0.1, -0.05) is 0 Å². The van der Waals surface area contributed by atoms with Crippen LogP contribution in [0.25, 0.3) is 11.3 Å². The third-order valence-corrected chi connectivity index (χ3v) is 5.36. The molecule has 0 radical (unpaired) electrons. The zero-order chi connectivity index (χ0) is 17.4. The van der Waals surface area contributed by atoms with E-state index in [0.717, 1.165) is 32.4 Å². The molecule has 4 rings (SSSR count). The first kappa shape index (κ1) is 16.1. The number of urea groups is 1. The van der Waals surface area contributed by atoms with Gasteiger partial charge in [0.25, 0.3) is 0 Å². The van der Waals surface area contributed by atoms with E-state index < -0.39 is 5.82 Å². The topological polar surface area (TPSA) is 48.7 Å². The van der Waals surface area contributed by atoms with E-state index in [2.05, 4.69) is 17.3 Å². The van der Waals surface area contributed by atoms with Gasteiger partial charge in [0.2, 0.25) is 0 Å². The number of likely N-dealkylation sites (tertiary alicyclic amines) is 2. The van der Waals surface area contributed by atoms with E-state index in [9.17, 15) is 9.18 Å². The zero-order valence-corrected chi connectivity index (χ0v) is 14.2. The fourth-order valence-corrected chi connectivity index (χ4v) is 4.07. The summed E-state index contributed by atoms with van der Waals surface area (Å²) >= 11 is 0. The van der Waals surface area contributed by atoms with Gasteiger partial charge < -0.3 is 19.5 Å². The van der Waals surface area contributed by atoms with Crippen molar-refractivity contribution in [3.63, 3.8) is 0 Å². The second-order valence-corrected chi connectivity index (χ2v) is 6.84. The molecule has 1 aromatic heterocycles. The number of rotatable bonds is 2. The molecule has 2 fully saturated rings. The minimum Gasteiger partial charge on any atom is -0.464 e. The first-order valence-corrected chi connectivity index (χ1v) is 8.75. The van der Waals surface area contributed by atoms with Gasteiger partial charge >= 0.3 is 6.03 Å². The van der Waals surface area contributed by atoms with Gasteiger partial charge in [-0.3, -0.25) is 0 Å². The number of nitrogens with zero attached hydrogens (tertiary/aromatic N) is 2. The molecule has 0 spiro atoms. The number of carbonyl (C=O) groups is 1. The fraction of sp³-hybridized carbons (Fsp3) is 0.421. The van der Waals surface area contributed by atoms with Crippen molar-refractivity contribution in [1.29, 1.82) is 0 Å². The number of furan rings is 1. The number of anilines is 1. The van der Waals surface area contributed by atoms with Crippen LogP contribution in [-0.4, -0.2) is 48.1 Å². The molecule has 132 valence electrons. The van der Waals surface area contributed by atoms with Crippen molar-refractivity contribution in [3.8, 4) is 11.3 Å². The van der Waals surface area contributed by atoms with Crippen LogP contribution in [0.2, 0.25) is 0 Å². The van der Waals surface area contributed by atoms with Gasteiger partial charge in [0.15, 0.2) is 0 Å². The highest BCUT2D eigenvalue weighted by Crippen LogP contribution is 2.31. The summed E-state index contributed by atoms with van der Waals surface area (Å²) in [6.07, 6.45) is 4.64. The van der Waals surface area contributed by atoms with E-state index in [0.29, 0.717) is 17.4 Å². The highest BCUT2D eigenvalue weighted by molar-refractivity contribution is 5.90. The third-order valence-electron chi connectivity index (χ3n) is 5.36. The molecule has 2 aromatic rings. The maximum Gasteiger partial charge on any atom is 0.322 e. The van der Waals surface area contributed by atoms with Crippen molar-refractivity contribution in [3.05, 3.63) is 42.4 Å². The van der Waals surface area contributed by atoms with Crippen LogP contribution in [0, 0.1) is 5.82 Å². The number of amides is 2. The number of likely N-dealkylation sites (N-methyl/N-ethyl adjacent to an activating group) is 1. The van der Waals surface area contributed by atoms with Crippen molar-refractivity contribution < 1.29 is 13.6 Å². The maximum absolute atomic E-state index is 14.4. The molecule has 0 bridgehead atoms.